The van der Waals surface area contributed by atoms with E-state index >= 15 is 0 Å². The standard InChI is InChI=1S/C18H18N2S/c1-13-5-4-6-14(9-13)12-21-18-16(11-19)10-15-7-2-3-8-17(15)20-18/h4-6,9-10H,2-3,7-8,12H2,1H3. The second-order valence-electron chi connectivity index (χ2n) is 5.54. The van der Waals surface area contributed by atoms with Crippen molar-refractivity contribution in [3.8, 4) is 6.07 Å². The molecule has 3 heteroatoms. The zero-order chi connectivity index (χ0) is 14.7. The molecule has 0 atom stereocenters. The Morgan fingerprint density at radius 2 is 2.10 bits per heavy atom. The van der Waals surface area contributed by atoms with Crippen LogP contribution in [0.2, 0.25) is 0 Å². The molecule has 0 fully saturated rings. The molecule has 106 valence electrons. The third-order valence-corrected chi connectivity index (χ3v) is 4.91. The van der Waals surface area contributed by atoms with Crippen LogP contribution in [0.25, 0.3) is 0 Å². The van der Waals surface area contributed by atoms with Gasteiger partial charge in [0.05, 0.1) is 5.56 Å². The summed E-state index contributed by atoms with van der Waals surface area (Å²) in [4.78, 5) is 4.76. The van der Waals surface area contributed by atoms with Crippen LogP contribution in [0.5, 0.6) is 0 Å². The first kappa shape index (κ1) is 14.2. The predicted octanol–water partition coefficient (Wildman–Crippen LogP) is 4.43. The Kier molecular flexibility index (Phi) is 4.26. The highest BCUT2D eigenvalue weighted by Crippen LogP contribution is 2.29. The molecule has 0 unspecified atom stereocenters. The number of rotatable bonds is 3. The molecule has 21 heavy (non-hydrogen) atoms. The highest BCUT2D eigenvalue weighted by Gasteiger charge is 2.15. The van der Waals surface area contributed by atoms with Gasteiger partial charge in [0.1, 0.15) is 11.1 Å². The molecule has 2 aromatic rings. The molecule has 0 bridgehead atoms. The molecule has 0 aliphatic heterocycles. The first-order chi connectivity index (χ1) is 10.3. The summed E-state index contributed by atoms with van der Waals surface area (Å²) in [6, 6.07) is 12.9. The maximum atomic E-state index is 9.36. The van der Waals surface area contributed by atoms with Gasteiger partial charge in [-0.1, -0.05) is 29.8 Å². The molecule has 3 rings (SSSR count). The van der Waals surface area contributed by atoms with Gasteiger partial charge in [0.15, 0.2) is 0 Å². The van der Waals surface area contributed by atoms with Gasteiger partial charge in [0.25, 0.3) is 0 Å². The summed E-state index contributed by atoms with van der Waals surface area (Å²) >= 11 is 1.67. The molecular formula is C18H18N2S. The zero-order valence-electron chi connectivity index (χ0n) is 12.2. The summed E-state index contributed by atoms with van der Waals surface area (Å²) in [6.07, 6.45) is 4.56. The van der Waals surface area contributed by atoms with Crippen molar-refractivity contribution in [2.75, 3.05) is 0 Å². The minimum atomic E-state index is 0.730. The van der Waals surface area contributed by atoms with E-state index in [-0.39, 0.29) is 0 Å². The lowest BCUT2D eigenvalue weighted by Gasteiger charge is -2.16. The van der Waals surface area contributed by atoms with Crippen LogP contribution in [0.15, 0.2) is 35.4 Å². The smallest absolute Gasteiger partial charge is 0.114 e. The minimum Gasteiger partial charge on any atom is -0.245 e. The van der Waals surface area contributed by atoms with Gasteiger partial charge < -0.3 is 0 Å². The van der Waals surface area contributed by atoms with E-state index < -0.39 is 0 Å². The van der Waals surface area contributed by atoms with Crippen molar-refractivity contribution in [3.05, 3.63) is 58.3 Å². The van der Waals surface area contributed by atoms with E-state index in [0.29, 0.717) is 0 Å². The van der Waals surface area contributed by atoms with Crippen LogP contribution in [0.4, 0.5) is 0 Å². The molecule has 0 saturated carbocycles. The average molecular weight is 294 g/mol. The maximum absolute atomic E-state index is 9.36. The molecular weight excluding hydrogens is 276 g/mol. The second-order valence-corrected chi connectivity index (χ2v) is 6.51. The van der Waals surface area contributed by atoms with Crippen LogP contribution in [-0.4, -0.2) is 4.98 Å². The van der Waals surface area contributed by atoms with Crippen LogP contribution in [0.1, 0.15) is 40.8 Å². The predicted molar refractivity (Wildman–Crippen MR) is 86.3 cm³/mol. The molecule has 1 aliphatic carbocycles. The third-order valence-electron chi connectivity index (χ3n) is 3.84. The number of nitrogens with zero attached hydrogens (tertiary/aromatic N) is 2. The third kappa shape index (κ3) is 3.28. The molecule has 1 heterocycles. The van der Waals surface area contributed by atoms with Crippen LogP contribution in [0.3, 0.4) is 0 Å². The van der Waals surface area contributed by atoms with E-state index in [0.717, 1.165) is 29.2 Å². The summed E-state index contributed by atoms with van der Waals surface area (Å²) in [5.74, 6) is 0.863. The number of pyridine rings is 1. The number of aryl methyl sites for hydroxylation is 3. The molecule has 0 spiro atoms. The van der Waals surface area contributed by atoms with Gasteiger partial charge >= 0.3 is 0 Å². The van der Waals surface area contributed by atoms with Gasteiger partial charge in [-0.05, 0) is 49.8 Å². The number of benzene rings is 1. The molecule has 0 amide bonds. The lowest BCUT2D eigenvalue weighted by molar-refractivity contribution is 0.660. The van der Waals surface area contributed by atoms with Crippen LogP contribution in [0, 0.1) is 18.3 Å². The van der Waals surface area contributed by atoms with Crippen molar-refractivity contribution in [1.29, 1.82) is 5.26 Å². The first-order valence-electron chi connectivity index (χ1n) is 7.37. The molecule has 0 N–H and O–H groups in total. The van der Waals surface area contributed by atoms with Crippen molar-refractivity contribution in [2.45, 2.75) is 43.4 Å². The van der Waals surface area contributed by atoms with E-state index in [1.54, 1.807) is 11.8 Å². The second kappa shape index (κ2) is 6.32. The van der Waals surface area contributed by atoms with Gasteiger partial charge in [-0.15, -0.1) is 11.8 Å². The minimum absolute atomic E-state index is 0.730. The number of aromatic nitrogens is 1. The normalized spacial score (nSPS) is 13.5. The summed E-state index contributed by atoms with van der Waals surface area (Å²) < 4.78 is 0. The Bertz CT molecular complexity index is 701. The molecule has 1 aromatic heterocycles. The van der Waals surface area contributed by atoms with E-state index in [1.807, 2.05) is 0 Å². The largest absolute Gasteiger partial charge is 0.245 e. The van der Waals surface area contributed by atoms with Crippen molar-refractivity contribution >= 4 is 11.8 Å². The molecule has 0 saturated heterocycles. The summed E-state index contributed by atoms with van der Waals surface area (Å²) in [6.45, 7) is 2.10. The Morgan fingerprint density at radius 3 is 2.90 bits per heavy atom. The van der Waals surface area contributed by atoms with E-state index in [9.17, 15) is 5.26 Å². The number of hydrogen-bond acceptors (Lipinski definition) is 3. The van der Waals surface area contributed by atoms with Gasteiger partial charge in [-0.25, -0.2) is 4.98 Å². The summed E-state index contributed by atoms with van der Waals surface area (Å²) in [5.41, 5.74) is 5.76. The Morgan fingerprint density at radius 1 is 1.24 bits per heavy atom. The van der Waals surface area contributed by atoms with Crippen molar-refractivity contribution in [2.24, 2.45) is 0 Å². The fraction of sp³-hybridized carbons (Fsp3) is 0.333. The van der Waals surface area contributed by atoms with Gasteiger partial charge in [0.2, 0.25) is 0 Å². The highest BCUT2D eigenvalue weighted by atomic mass is 32.2. The fourth-order valence-corrected chi connectivity index (χ4v) is 3.68. The van der Waals surface area contributed by atoms with Crippen molar-refractivity contribution in [3.63, 3.8) is 0 Å². The van der Waals surface area contributed by atoms with E-state index in [4.69, 9.17) is 4.98 Å². The highest BCUT2D eigenvalue weighted by molar-refractivity contribution is 7.98. The molecule has 2 nitrogen and oxygen atoms in total. The summed E-state index contributed by atoms with van der Waals surface area (Å²) in [7, 11) is 0. The van der Waals surface area contributed by atoms with Crippen molar-refractivity contribution in [1.82, 2.24) is 4.98 Å². The first-order valence-corrected chi connectivity index (χ1v) is 8.36. The molecule has 1 aliphatic rings. The molecule has 0 radical (unpaired) electrons. The van der Waals surface area contributed by atoms with Gasteiger partial charge in [-0.3, -0.25) is 0 Å². The SMILES string of the molecule is Cc1cccc(CSc2nc3c(cc2C#N)CCCC3)c1. The topological polar surface area (TPSA) is 36.7 Å². The Labute approximate surface area is 130 Å². The summed E-state index contributed by atoms with van der Waals surface area (Å²) in [5, 5.41) is 10.2. The zero-order valence-corrected chi connectivity index (χ0v) is 13.0. The van der Waals surface area contributed by atoms with Gasteiger partial charge in [-0.2, -0.15) is 5.26 Å². The van der Waals surface area contributed by atoms with Crippen molar-refractivity contribution < 1.29 is 0 Å². The maximum Gasteiger partial charge on any atom is 0.114 e. The lowest BCUT2D eigenvalue weighted by atomic mass is 9.95. The monoisotopic (exact) mass is 294 g/mol. The lowest BCUT2D eigenvalue weighted by Crippen LogP contribution is -2.07. The number of thioether (sulfide) groups is 1. The number of fused-ring (bicyclic) bond motifs is 1. The van der Waals surface area contributed by atoms with E-state index in [2.05, 4.69) is 43.3 Å². The van der Waals surface area contributed by atoms with Crippen LogP contribution >= 0.6 is 11.8 Å². The average Bonchev–Trinajstić information content (AvgIpc) is 2.52. The Hall–Kier alpha value is -1.79. The van der Waals surface area contributed by atoms with Gasteiger partial charge in [0, 0.05) is 11.4 Å². The van der Waals surface area contributed by atoms with Crippen LogP contribution in [-0.2, 0) is 18.6 Å². The Balaban J connectivity index is 1.83. The fourth-order valence-electron chi connectivity index (χ4n) is 2.76. The quantitative estimate of drug-likeness (QED) is 0.786. The van der Waals surface area contributed by atoms with E-state index in [1.165, 1.54) is 35.2 Å². The number of hydrogen-bond donors (Lipinski definition) is 0. The number of nitriles is 1. The van der Waals surface area contributed by atoms with Crippen LogP contribution < -0.4 is 0 Å². The molecule has 1 aromatic carbocycles.